The van der Waals surface area contributed by atoms with Crippen molar-refractivity contribution in [1.29, 1.82) is 0 Å². The number of halogens is 1. The van der Waals surface area contributed by atoms with E-state index in [1.165, 1.54) is 0 Å². The van der Waals surface area contributed by atoms with E-state index >= 15 is 0 Å². The lowest BCUT2D eigenvalue weighted by Gasteiger charge is -2.11. The van der Waals surface area contributed by atoms with Gasteiger partial charge in [0, 0.05) is 0 Å². The van der Waals surface area contributed by atoms with Crippen molar-refractivity contribution in [3.05, 3.63) is 28.2 Å². The number of aliphatic hydroxyl groups excluding tert-OH is 1. The van der Waals surface area contributed by atoms with Gasteiger partial charge in [-0.15, -0.1) is 0 Å². The largest absolute Gasteiger partial charge is 0.496 e. The molecule has 0 amide bonds. The molecule has 1 aromatic carbocycles. The minimum atomic E-state index is -1.26. The molecule has 88 valence electrons. The molecule has 0 aliphatic carbocycles. The minimum absolute atomic E-state index is 0.243. The van der Waals surface area contributed by atoms with Crippen LogP contribution < -0.4 is 4.74 Å². The standard InChI is InChI=1S/C11H13BrO4/c1-3-16-11(14)10(13)7-4-5-9(15-2)8(12)6-7/h4-6,10,13H,3H2,1-2H3/t10-/m1/s1. The molecular formula is C11H13BrO4. The van der Waals surface area contributed by atoms with Gasteiger partial charge in [-0.1, -0.05) is 6.07 Å². The lowest BCUT2D eigenvalue weighted by molar-refractivity contribution is -0.153. The van der Waals surface area contributed by atoms with Gasteiger partial charge in [-0.2, -0.15) is 0 Å². The normalized spacial score (nSPS) is 12.0. The van der Waals surface area contributed by atoms with Crippen molar-refractivity contribution in [2.24, 2.45) is 0 Å². The number of hydrogen-bond donors (Lipinski definition) is 1. The summed E-state index contributed by atoms with van der Waals surface area (Å²) >= 11 is 3.28. The van der Waals surface area contributed by atoms with Crippen molar-refractivity contribution >= 4 is 21.9 Å². The second kappa shape index (κ2) is 5.86. The van der Waals surface area contributed by atoms with E-state index in [-0.39, 0.29) is 6.61 Å². The van der Waals surface area contributed by atoms with E-state index in [0.29, 0.717) is 15.8 Å². The van der Waals surface area contributed by atoms with Crippen LogP contribution in [-0.2, 0) is 9.53 Å². The Morgan fingerprint density at radius 2 is 2.25 bits per heavy atom. The first-order chi connectivity index (χ1) is 7.60. The van der Waals surface area contributed by atoms with Gasteiger partial charge in [0.05, 0.1) is 18.2 Å². The fourth-order valence-corrected chi connectivity index (χ4v) is 1.77. The lowest BCUT2D eigenvalue weighted by atomic mass is 10.1. The number of carbonyl (C=O) groups excluding carboxylic acids is 1. The second-order valence-electron chi connectivity index (χ2n) is 3.05. The van der Waals surface area contributed by atoms with Gasteiger partial charge in [0.2, 0.25) is 0 Å². The molecule has 16 heavy (non-hydrogen) atoms. The highest BCUT2D eigenvalue weighted by molar-refractivity contribution is 9.10. The van der Waals surface area contributed by atoms with Crippen molar-refractivity contribution in [3.63, 3.8) is 0 Å². The van der Waals surface area contributed by atoms with Gasteiger partial charge in [0.15, 0.2) is 6.10 Å². The van der Waals surface area contributed by atoms with Crippen LogP contribution in [0, 0.1) is 0 Å². The van der Waals surface area contributed by atoms with Crippen LogP contribution in [0.2, 0.25) is 0 Å². The summed E-state index contributed by atoms with van der Waals surface area (Å²) in [5.74, 6) is -0.0145. The molecule has 0 heterocycles. The number of methoxy groups -OCH3 is 1. The summed E-state index contributed by atoms with van der Waals surface area (Å²) in [6, 6.07) is 4.91. The van der Waals surface area contributed by atoms with Crippen LogP contribution >= 0.6 is 15.9 Å². The molecule has 0 aliphatic heterocycles. The molecule has 0 saturated heterocycles. The molecule has 0 fully saturated rings. The van der Waals surface area contributed by atoms with Crippen molar-refractivity contribution in [1.82, 2.24) is 0 Å². The SMILES string of the molecule is CCOC(=O)[C@H](O)c1ccc(OC)c(Br)c1. The maximum Gasteiger partial charge on any atom is 0.339 e. The Kier molecular flexibility index (Phi) is 4.76. The molecule has 1 rings (SSSR count). The average molecular weight is 289 g/mol. The topological polar surface area (TPSA) is 55.8 Å². The number of hydrogen-bond acceptors (Lipinski definition) is 4. The van der Waals surface area contributed by atoms with E-state index < -0.39 is 12.1 Å². The molecule has 0 unspecified atom stereocenters. The number of carbonyl (C=O) groups is 1. The van der Waals surface area contributed by atoms with Gasteiger partial charge >= 0.3 is 5.97 Å². The summed E-state index contributed by atoms with van der Waals surface area (Å²) in [6.07, 6.45) is -1.26. The average Bonchev–Trinajstić information content (AvgIpc) is 2.28. The van der Waals surface area contributed by atoms with Crippen molar-refractivity contribution in [3.8, 4) is 5.75 Å². The van der Waals surface area contributed by atoms with Crippen LogP contribution in [0.4, 0.5) is 0 Å². The third-order valence-electron chi connectivity index (χ3n) is 2.00. The Morgan fingerprint density at radius 1 is 1.56 bits per heavy atom. The first kappa shape index (κ1) is 13.0. The minimum Gasteiger partial charge on any atom is -0.496 e. The van der Waals surface area contributed by atoms with Gasteiger partial charge in [0.1, 0.15) is 5.75 Å². The molecule has 1 N–H and O–H groups in total. The van der Waals surface area contributed by atoms with E-state index in [1.54, 1.807) is 32.2 Å². The zero-order chi connectivity index (χ0) is 12.1. The highest BCUT2D eigenvalue weighted by atomic mass is 79.9. The third-order valence-corrected chi connectivity index (χ3v) is 2.62. The third kappa shape index (κ3) is 2.96. The molecule has 5 heteroatoms. The zero-order valence-corrected chi connectivity index (χ0v) is 10.7. The highest BCUT2D eigenvalue weighted by Crippen LogP contribution is 2.28. The van der Waals surface area contributed by atoms with Crippen LogP contribution in [0.3, 0.4) is 0 Å². The molecule has 1 aromatic rings. The smallest absolute Gasteiger partial charge is 0.339 e. The predicted octanol–water partition coefficient (Wildman–Crippen LogP) is 2.05. The molecular weight excluding hydrogens is 276 g/mol. The van der Waals surface area contributed by atoms with Gasteiger partial charge in [0.25, 0.3) is 0 Å². The van der Waals surface area contributed by atoms with E-state index in [2.05, 4.69) is 15.9 Å². The maximum atomic E-state index is 11.3. The molecule has 0 spiro atoms. The number of aliphatic hydroxyl groups is 1. The van der Waals surface area contributed by atoms with Crippen molar-refractivity contribution in [2.75, 3.05) is 13.7 Å². The monoisotopic (exact) mass is 288 g/mol. The van der Waals surface area contributed by atoms with E-state index in [1.807, 2.05) is 0 Å². The van der Waals surface area contributed by atoms with Crippen LogP contribution in [-0.4, -0.2) is 24.8 Å². The van der Waals surface area contributed by atoms with Gasteiger partial charge < -0.3 is 14.6 Å². The Bertz CT molecular complexity index is 378. The molecule has 1 atom stereocenters. The van der Waals surface area contributed by atoms with Crippen LogP contribution in [0.1, 0.15) is 18.6 Å². The Hall–Kier alpha value is -1.07. The fourth-order valence-electron chi connectivity index (χ4n) is 1.21. The number of rotatable bonds is 4. The molecule has 0 aliphatic rings. The molecule has 0 saturated carbocycles. The first-order valence-corrected chi connectivity index (χ1v) is 5.57. The maximum absolute atomic E-state index is 11.3. The summed E-state index contributed by atoms with van der Waals surface area (Å²) in [6.45, 7) is 1.93. The first-order valence-electron chi connectivity index (χ1n) is 4.78. The predicted molar refractivity (Wildman–Crippen MR) is 62.3 cm³/mol. The molecule has 0 aromatic heterocycles. The summed E-state index contributed by atoms with van der Waals surface area (Å²) in [4.78, 5) is 11.3. The lowest BCUT2D eigenvalue weighted by Crippen LogP contribution is -2.15. The molecule has 4 nitrogen and oxygen atoms in total. The van der Waals surface area contributed by atoms with Crippen LogP contribution in [0.5, 0.6) is 5.75 Å². The van der Waals surface area contributed by atoms with Crippen molar-refractivity contribution < 1.29 is 19.4 Å². The highest BCUT2D eigenvalue weighted by Gasteiger charge is 2.19. The fraction of sp³-hybridized carbons (Fsp3) is 0.364. The quantitative estimate of drug-likeness (QED) is 0.862. The van der Waals surface area contributed by atoms with E-state index in [4.69, 9.17) is 9.47 Å². The summed E-state index contributed by atoms with van der Waals surface area (Å²) < 4.78 is 10.4. The number of benzene rings is 1. The van der Waals surface area contributed by atoms with Crippen LogP contribution in [0.15, 0.2) is 22.7 Å². The summed E-state index contributed by atoms with van der Waals surface area (Å²) in [7, 11) is 1.54. The summed E-state index contributed by atoms with van der Waals surface area (Å²) in [5, 5.41) is 9.67. The summed E-state index contributed by atoms with van der Waals surface area (Å²) in [5.41, 5.74) is 0.464. The van der Waals surface area contributed by atoms with Gasteiger partial charge in [-0.3, -0.25) is 0 Å². The molecule has 0 radical (unpaired) electrons. The van der Waals surface area contributed by atoms with E-state index in [9.17, 15) is 9.90 Å². The number of ether oxygens (including phenoxy) is 2. The van der Waals surface area contributed by atoms with Gasteiger partial charge in [-0.05, 0) is 40.5 Å². The second-order valence-corrected chi connectivity index (χ2v) is 3.90. The molecule has 0 bridgehead atoms. The Labute approximate surface area is 102 Å². The zero-order valence-electron chi connectivity index (χ0n) is 9.07. The van der Waals surface area contributed by atoms with E-state index in [0.717, 1.165) is 0 Å². The Balaban J connectivity index is 2.88. The van der Waals surface area contributed by atoms with Crippen LogP contribution in [0.25, 0.3) is 0 Å². The Morgan fingerprint density at radius 3 is 2.75 bits per heavy atom. The van der Waals surface area contributed by atoms with Gasteiger partial charge in [-0.25, -0.2) is 4.79 Å². The number of esters is 1. The van der Waals surface area contributed by atoms with Crippen molar-refractivity contribution in [2.45, 2.75) is 13.0 Å².